The van der Waals surface area contributed by atoms with E-state index in [1.54, 1.807) is 0 Å². The van der Waals surface area contributed by atoms with E-state index in [1.165, 1.54) is 75.2 Å². The smallest absolute Gasteiger partial charge is 0.370 e. The third kappa shape index (κ3) is 9.96. The molecule has 0 saturated carbocycles. The van der Waals surface area contributed by atoms with Gasteiger partial charge in [-0.1, -0.05) is 105 Å². The van der Waals surface area contributed by atoms with Crippen molar-refractivity contribution >= 4 is 41.6 Å². The van der Waals surface area contributed by atoms with Gasteiger partial charge in [0.25, 0.3) is 0 Å². The minimum atomic E-state index is -1.06. The molecule has 64 heavy (non-hydrogen) atoms. The highest BCUT2D eigenvalue weighted by Crippen LogP contribution is 2.49. The summed E-state index contributed by atoms with van der Waals surface area (Å²) < 4.78 is 8.38. The fourth-order valence-electron chi connectivity index (χ4n) is 10.8. The maximum Gasteiger partial charge on any atom is 0.370 e. The van der Waals surface area contributed by atoms with Crippen molar-refractivity contribution in [2.24, 2.45) is 35.5 Å². The molecule has 6 heterocycles. The molecule has 1 unspecified atom stereocenters. The van der Waals surface area contributed by atoms with Crippen molar-refractivity contribution in [3.8, 4) is 0 Å². The summed E-state index contributed by atoms with van der Waals surface area (Å²) >= 11 is 0. The first-order chi connectivity index (χ1) is 30.6. The molecular weight excluding hydrogens is 797 g/mol. The molecule has 0 spiro atoms. The number of fused-ring (bicyclic) bond motifs is 7. The van der Waals surface area contributed by atoms with Crippen LogP contribution >= 0.6 is 0 Å². The van der Waals surface area contributed by atoms with E-state index in [-0.39, 0.29) is 23.9 Å². The second-order valence-electron chi connectivity index (χ2n) is 20.1. The minimum Gasteiger partial charge on any atom is -0.468 e. The quantitative estimate of drug-likeness (QED) is 0.0225. The lowest BCUT2D eigenvalue weighted by molar-refractivity contribution is -0.141. The van der Waals surface area contributed by atoms with Crippen LogP contribution < -0.4 is 16.0 Å². The lowest BCUT2D eigenvalue weighted by atomic mass is 9.85. The van der Waals surface area contributed by atoms with Gasteiger partial charge in [0.1, 0.15) is 5.92 Å². The van der Waals surface area contributed by atoms with E-state index < -0.39 is 11.9 Å². The molecule has 346 valence electrons. The summed E-state index contributed by atoms with van der Waals surface area (Å²) in [5.74, 6) is 0.647. The molecule has 6 atom stereocenters. The molecule has 0 aromatic carbocycles. The van der Waals surface area contributed by atoms with Gasteiger partial charge in [0, 0.05) is 67.7 Å². The van der Waals surface area contributed by atoms with Crippen LogP contribution in [0.3, 0.4) is 0 Å². The van der Waals surface area contributed by atoms with Gasteiger partial charge < -0.3 is 25.0 Å². The topological polar surface area (TPSA) is 118 Å². The van der Waals surface area contributed by atoms with Crippen molar-refractivity contribution in [2.75, 3.05) is 13.7 Å². The average Bonchev–Trinajstić information content (AvgIpc) is 3.38. The summed E-state index contributed by atoms with van der Waals surface area (Å²) in [5.41, 5.74) is 13.5. The molecule has 3 aromatic heterocycles. The molecule has 2 saturated heterocycles. The molecule has 1 aliphatic carbocycles. The summed E-state index contributed by atoms with van der Waals surface area (Å²) in [4.78, 5) is 45.3. The van der Waals surface area contributed by atoms with Crippen molar-refractivity contribution in [1.82, 2.24) is 20.3 Å². The first-order valence-corrected chi connectivity index (χ1v) is 24.5. The highest BCUT2D eigenvalue weighted by Gasteiger charge is 2.51. The predicted octanol–water partition coefficient (Wildman–Crippen LogP) is 11.4. The van der Waals surface area contributed by atoms with Gasteiger partial charge in [-0.25, -0.2) is 0 Å². The molecule has 3 aromatic rings. The molecule has 7 rings (SSSR count). The summed E-state index contributed by atoms with van der Waals surface area (Å²) in [6.07, 6.45) is 24.8. The Morgan fingerprint density at radius 1 is 0.875 bits per heavy atom. The molecule has 0 amide bonds. The van der Waals surface area contributed by atoms with E-state index in [4.69, 9.17) is 9.62 Å². The number of aromatic amines is 3. The van der Waals surface area contributed by atoms with E-state index in [0.29, 0.717) is 23.4 Å². The zero-order valence-electron chi connectivity index (χ0n) is 40.9. The lowest BCUT2D eigenvalue weighted by Gasteiger charge is -2.19. The number of rotatable bonds is 20. The molecular formula is C55H77N4O5+. The molecule has 4 N–H and O–H groups in total. The molecule has 3 aliphatic heterocycles. The van der Waals surface area contributed by atoms with Gasteiger partial charge in [0.2, 0.25) is 6.61 Å². The number of methoxy groups -OCH3 is 1. The van der Waals surface area contributed by atoms with Crippen LogP contribution in [0.5, 0.6) is 0 Å². The van der Waals surface area contributed by atoms with Crippen molar-refractivity contribution in [3.05, 3.63) is 96.5 Å². The number of hydrogen-bond acceptors (Lipinski definition) is 5. The average molecular weight is 874 g/mol. The van der Waals surface area contributed by atoms with Gasteiger partial charge >= 0.3 is 12.3 Å². The van der Waals surface area contributed by atoms with Crippen LogP contribution in [0.4, 0.5) is 0 Å². The number of allylic oxidation sites excluding steroid dienone is 3. The standard InChI is InChI=1S/C55H76N4O5/c1-13-39-35(8)42-28-44-37(10)41(24-25-48-63-64(48)27-26-34(7)23-17-22-33(6)21-16-20-32(5)19-15-18-31(3)4)52(58-44)50-51(55(61)62-12)54(60)49-38(11)45(59-53(49)50)30-47-40(14-2)36(9)43(57-47)29-46(39)56-42/h13,26,28-33,37,41,48,51,56-57H,1,14-25,27H2,2-12H3,(H-,58,59,60)/p+1/b34-26-,43-29-,44-28-,47-30-/t32-,33-,37+,41+,48?,51-/m1/s1. The van der Waals surface area contributed by atoms with Crippen molar-refractivity contribution in [3.63, 3.8) is 0 Å². The Hall–Kier alpha value is -4.60. The number of aromatic nitrogens is 3. The van der Waals surface area contributed by atoms with Gasteiger partial charge in [-0.3, -0.25) is 9.59 Å². The van der Waals surface area contributed by atoms with E-state index in [9.17, 15) is 9.59 Å². The Bertz CT molecular complexity index is 2450. The normalized spacial score (nSPS) is 24.5. The Kier molecular flexibility index (Phi) is 15.0. The Labute approximate surface area is 382 Å². The van der Waals surface area contributed by atoms with E-state index in [2.05, 4.69) is 118 Å². The number of hydrogen-bond donors (Lipinski definition) is 4. The van der Waals surface area contributed by atoms with E-state index in [0.717, 1.165) is 99.3 Å². The number of H-pyrrole nitrogens is 3. The number of Topliss-reactive ketones (excluding diaryl/α,β-unsaturated/α-hetero) is 1. The molecule has 0 radical (unpaired) electrons. The van der Waals surface area contributed by atoms with Crippen LogP contribution in [-0.4, -0.2) is 46.7 Å². The molecule has 8 bridgehead atoms. The fourth-order valence-corrected chi connectivity index (χ4v) is 10.8. The number of nitrogens with one attached hydrogen (secondary N) is 4. The van der Waals surface area contributed by atoms with Crippen LogP contribution in [0.1, 0.15) is 180 Å². The number of carbonyl (C=O) groups excluding carboxylic acids is 2. The van der Waals surface area contributed by atoms with Crippen molar-refractivity contribution in [1.29, 1.82) is 0 Å². The Balaban J connectivity index is 1.09. The third-order valence-corrected chi connectivity index (χ3v) is 15.0. The second kappa shape index (κ2) is 20.3. The molecule has 9 heteroatoms. The monoisotopic (exact) mass is 874 g/mol. The molecule has 2 fully saturated rings. The summed E-state index contributed by atoms with van der Waals surface area (Å²) in [6, 6.07) is 0. The number of ketones is 1. The Morgan fingerprint density at radius 2 is 1.55 bits per heavy atom. The van der Waals surface area contributed by atoms with Gasteiger partial charge in [0.15, 0.2) is 5.78 Å². The number of esters is 1. The summed E-state index contributed by atoms with van der Waals surface area (Å²) in [6.45, 7) is 27.3. The highest BCUT2D eigenvalue weighted by molar-refractivity contribution is 6.24. The SMILES string of the molecule is C=Cc1c2[nH]c(c1C)/C=C1\N/C(=C3\c4[nH]c(c(C)c4C(=O)[C@@H]3C(=O)OC)/C=c3\[nH]/c(c(C)c3CC)=C\2)[C@@H](CCC2O[O+]2C/C=C(/C)CCC[C@H](C)CCC[C@H](C)CCCC(C)C)[C@@H]1C. The first-order valence-electron chi connectivity index (χ1n) is 24.5. The Morgan fingerprint density at radius 3 is 2.22 bits per heavy atom. The predicted molar refractivity (Wildman–Crippen MR) is 262 cm³/mol. The molecule has 9 nitrogen and oxygen atoms in total. The fraction of sp³-hybridized carbons (Fsp3) is 0.564. The van der Waals surface area contributed by atoms with Crippen molar-refractivity contribution in [2.45, 2.75) is 153 Å². The maximum absolute atomic E-state index is 14.5. The zero-order chi connectivity index (χ0) is 46.0. The largest absolute Gasteiger partial charge is 0.468 e. The van der Waals surface area contributed by atoms with Crippen LogP contribution in [-0.2, 0) is 25.4 Å². The van der Waals surface area contributed by atoms with Gasteiger partial charge in [-0.15, -0.1) is 0 Å². The van der Waals surface area contributed by atoms with E-state index in [1.807, 2.05) is 13.0 Å². The lowest BCUT2D eigenvalue weighted by Crippen LogP contribution is -2.25. The zero-order valence-corrected chi connectivity index (χ0v) is 40.9. The third-order valence-electron chi connectivity index (χ3n) is 15.0. The number of carbonyl (C=O) groups is 2. The van der Waals surface area contributed by atoms with Crippen LogP contribution in [0.2, 0.25) is 0 Å². The van der Waals surface area contributed by atoms with Gasteiger partial charge in [-0.2, -0.15) is 4.52 Å². The van der Waals surface area contributed by atoms with Gasteiger partial charge in [-0.05, 0) is 123 Å². The summed E-state index contributed by atoms with van der Waals surface area (Å²) in [5, 5.41) is 5.83. The highest BCUT2D eigenvalue weighted by atomic mass is 17.5. The maximum atomic E-state index is 14.5. The van der Waals surface area contributed by atoms with Crippen molar-refractivity contribution < 1.29 is 23.7 Å². The molecule has 4 aliphatic rings. The first kappa shape index (κ1) is 47.4. The number of ether oxygens (including phenoxy) is 1. The second-order valence-corrected chi connectivity index (χ2v) is 20.1. The van der Waals surface area contributed by atoms with Crippen LogP contribution in [0, 0.1) is 56.3 Å². The van der Waals surface area contributed by atoms with Crippen LogP contribution in [0.15, 0.2) is 29.6 Å². The van der Waals surface area contributed by atoms with E-state index >= 15 is 0 Å². The van der Waals surface area contributed by atoms with Gasteiger partial charge in [0.05, 0.1) is 19.2 Å². The van der Waals surface area contributed by atoms with Crippen LogP contribution in [0.25, 0.3) is 29.9 Å². The summed E-state index contributed by atoms with van der Waals surface area (Å²) in [7, 11) is 1.37. The minimum absolute atomic E-state index is 0.0158.